The van der Waals surface area contributed by atoms with Crippen LogP contribution in [0.25, 0.3) is 10.8 Å². The van der Waals surface area contributed by atoms with E-state index in [-0.39, 0.29) is 6.04 Å². The first-order valence-electron chi connectivity index (χ1n) is 9.97. The van der Waals surface area contributed by atoms with Crippen molar-refractivity contribution in [2.45, 2.75) is 26.1 Å². The fourth-order valence-corrected chi connectivity index (χ4v) is 3.86. The van der Waals surface area contributed by atoms with Gasteiger partial charge in [0.2, 0.25) is 0 Å². The molecule has 0 aromatic heterocycles. The number of hydrogen-bond acceptors (Lipinski definition) is 2. The molecule has 0 aliphatic carbocycles. The summed E-state index contributed by atoms with van der Waals surface area (Å²) in [6.45, 7) is 3.31. The molecular weight excluding hydrogens is 413 g/mol. The fraction of sp³-hybridized carbons (Fsp3) is 0.154. The maximum absolute atomic E-state index is 6.22. The van der Waals surface area contributed by atoms with Crippen LogP contribution < -0.4 is 10.1 Å². The summed E-state index contributed by atoms with van der Waals surface area (Å²) >= 11 is 12.2. The number of halogens is 2. The molecule has 0 aliphatic rings. The van der Waals surface area contributed by atoms with E-state index in [0.717, 1.165) is 16.9 Å². The van der Waals surface area contributed by atoms with Gasteiger partial charge in [0.15, 0.2) is 0 Å². The van der Waals surface area contributed by atoms with Crippen molar-refractivity contribution in [1.82, 2.24) is 5.32 Å². The SMILES string of the molecule is C[C@@H](NCc1c(OCc2ccc(Cl)c(Cl)c2)ccc2ccccc12)c1ccccc1. The maximum Gasteiger partial charge on any atom is 0.124 e. The number of fused-ring (bicyclic) bond motifs is 1. The highest BCUT2D eigenvalue weighted by molar-refractivity contribution is 6.42. The average molecular weight is 436 g/mol. The number of rotatable bonds is 7. The molecule has 0 aliphatic heterocycles. The van der Waals surface area contributed by atoms with Crippen molar-refractivity contribution in [3.8, 4) is 5.75 Å². The van der Waals surface area contributed by atoms with Crippen LogP contribution in [0.3, 0.4) is 0 Å². The number of ether oxygens (including phenoxy) is 1. The van der Waals surface area contributed by atoms with E-state index in [2.05, 4.69) is 66.8 Å². The molecule has 1 N–H and O–H groups in total. The molecule has 4 rings (SSSR count). The van der Waals surface area contributed by atoms with E-state index in [0.29, 0.717) is 23.2 Å². The highest BCUT2D eigenvalue weighted by Gasteiger charge is 2.12. The zero-order valence-electron chi connectivity index (χ0n) is 16.7. The van der Waals surface area contributed by atoms with Crippen molar-refractivity contribution in [2.24, 2.45) is 0 Å². The van der Waals surface area contributed by atoms with Crippen LogP contribution in [0.4, 0.5) is 0 Å². The Morgan fingerprint density at radius 1 is 0.833 bits per heavy atom. The van der Waals surface area contributed by atoms with Gasteiger partial charge >= 0.3 is 0 Å². The predicted octanol–water partition coefficient (Wildman–Crippen LogP) is 7.58. The highest BCUT2D eigenvalue weighted by atomic mass is 35.5. The van der Waals surface area contributed by atoms with Gasteiger partial charge in [-0.25, -0.2) is 0 Å². The lowest BCUT2D eigenvalue weighted by atomic mass is 10.0. The Labute approximate surface area is 187 Å². The molecule has 4 aromatic carbocycles. The average Bonchev–Trinajstić information content (AvgIpc) is 2.79. The van der Waals surface area contributed by atoms with Gasteiger partial charge in [0, 0.05) is 18.2 Å². The minimum absolute atomic E-state index is 0.230. The Morgan fingerprint density at radius 2 is 1.60 bits per heavy atom. The molecule has 152 valence electrons. The summed E-state index contributed by atoms with van der Waals surface area (Å²) < 4.78 is 6.22. The van der Waals surface area contributed by atoms with Gasteiger partial charge in [-0.1, -0.05) is 89.9 Å². The van der Waals surface area contributed by atoms with Gasteiger partial charge in [0.05, 0.1) is 10.0 Å². The zero-order valence-corrected chi connectivity index (χ0v) is 18.3. The minimum Gasteiger partial charge on any atom is -0.489 e. The standard InChI is InChI=1S/C26H23Cl2NO/c1-18(20-7-3-2-4-8-20)29-16-23-22-10-6-5-9-21(22)12-14-26(23)30-17-19-11-13-24(27)25(28)15-19/h2-15,18,29H,16-17H2,1H3/t18-/m1/s1. The van der Waals surface area contributed by atoms with Crippen LogP contribution in [0.2, 0.25) is 10.0 Å². The van der Waals surface area contributed by atoms with Gasteiger partial charge in [-0.15, -0.1) is 0 Å². The first-order valence-corrected chi connectivity index (χ1v) is 10.7. The van der Waals surface area contributed by atoms with Gasteiger partial charge in [-0.2, -0.15) is 0 Å². The lowest BCUT2D eigenvalue weighted by molar-refractivity contribution is 0.302. The summed E-state index contributed by atoms with van der Waals surface area (Å²) in [6, 6.07) is 28.8. The van der Waals surface area contributed by atoms with Gasteiger partial charge in [0.25, 0.3) is 0 Å². The topological polar surface area (TPSA) is 21.3 Å². The Kier molecular flexibility index (Phi) is 6.59. The summed E-state index contributed by atoms with van der Waals surface area (Å²) in [7, 11) is 0. The van der Waals surface area contributed by atoms with Crippen LogP contribution in [0.1, 0.15) is 29.7 Å². The first-order chi connectivity index (χ1) is 14.6. The molecule has 2 nitrogen and oxygen atoms in total. The van der Waals surface area contributed by atoms with Crippen molar-refractivity contribution in [3.05, 3.63) is 112 Å². The summed E-state index contributed by atoms with van der Waals surface area (Å²) in [4.78, 5) is 0. The second-order valence-corrected chi connectivity index (χ2v) is 8.13. The Bertz CT molecular complexity index is 1140. The first kappa shape index (κ1) is 20.7. The molecule has 0 fully saturated rings. The van der Waals surface area contributed by atoms with Crippen LogP contribution >= 0.6 is 23.2 Å². The summed E-state index contributed by atoms with van der Waals surface area (Å²) in [5.41, 5.74) is 3.39. The molecule has 4 heteroatoms. The van der Waals surface area contributed by atoms with E-state index in [4.69, 9.17) is 27.9 Å². The van der Waals surface area contributed by atoms with E-state index in [1.165, 1.54) is 16.3 Å². The van der Waals surface area contributed by atoms with Crippen molar-refractivity contribution in [2.75, 3.05) is 0 Å². The number of nitrogens with one attached hydrogen (secondary N) is 1. The maximum atomic E-state index is 6.22. The molecule has 1 atom stereocenters. The van der Waals surface area contributed by atoms with Gasteiger partial charge in [-0.05, 0) is 47.0 Å². The number of hydrogen-bond donors (Lipinski definition) is 1. The lowest BCUT2D eigenvalue weighted by Gasteiger charge is -2.18. The molecule has 0 spiro atoms. The third kappa shape index (κ3) is 4.79. The molecule has 30 heavy (non-hydrogen) atoms. The van der Waals surface area contributed by atoms with Crippen molar-refractivity contribution < 1.29 is 4.74 Å². The van der Waals surface area contributed by atoms with Crippen LogP contribution in [0, 0.1) is 0 Å². The van der Waals surface area contributed by atoms with Crippen molar-refractivity contribution in [1.29, 1.82) is 0 Å². The second-order valence-electron chi connectivity index (χ2n) is 7.31. The Morgan fingerprint density at radius 3 is 2.40 bits per heavy atom. The van der Waals surface area contributed by atoms with E-state index < -0.39 is 0 Å². The quantitative estimate of drug-likeness (QED) is 0.323. The van der Waals surface area contributed by atoms with Gasteiger partial charge in [0.1, 0.15) is 12.4 Å². The molecule has 4 aromatic rings. The normalized spacial score (nSPS) is 12.1. The smallest absolute Gasteiger partial charge is 0.124 e. The molecule has 0 saturated heterocycles. The van der Waals surface area contributed by atoms with Gasteiger partial charge < -0.3 is 10.1 Å². The van der Waals surface area contributed by atoms with Crippen LogP contribution in [-0.2, 0) is 13.2 Å². The summed E-state index contributed by atoms with van der Waals surface area (Å²) in [6.07, 6.45) is 0. The van der Waals surface area contributed by atoms with E-state index in [1.54, 1.807) is 6.07 Å². The molecule has 0 saturated carbocycles. The molecule has 0 radical (unpaired) electrons. The Hall–Kier alpha value is -2.52. The molecule has 0 heterocycles. The predicted molar refractivity (Wildman–Crippen MR) is 126 cm³/mol. The van der Waals surface area contributed by atoms with Crippen molar-refractivity contribution >= 4 is 34.0 Å². The molecule has 0 bridgehead atoms. The summed E-state index contributed by atoms with van der Waals surface area (Å²) in [5, 5.41) is 7.12. The van der Waals surface area contributed by atoms with Gasteiger partial charge in [-0.3, -0.25) is 0 Å². The van der Waals surface area contributed by atoms with Crippen molar-refractivity contribution in [3.63, 3.8) is 0 Å². The largest absolute Gasteiger partial charge is 0.489 e. The van der Waals surface area contributed by atoms with E-state index in [1.807, 2.05) is 24.3 Å². The van der Waals surface area contributed by atoms with Crippen LogP contribution in [0.5, 0.6) is 5.75 Å². The molecule has 0 unspecified atom stereocenters. The zero-order chi connectivity index (χ0) is 20.9. The van der Waals surface area contributed by atoms with E-state index in [9.17, 15) is 0 Å². The second kappa shape index (κ2) is 9.53. The summed E-state index contributed by atoms with van der Waals surface area (Å²) in [5.74, 6) is 0.868. The highest BCUT2D eigenvalue weighted by Crippen LogP contribution is 2.30. The van der Waals surface area contributed by atoms with Crippen LogP contribution in [-0.4, -0.2) is 0 Å². The molecular formula is C26H23Cl2NO. The lowest BCUT2D eigenvalue weighted by Crippen LogP contribution is -2.18. The Balaban J connectivity index is 1.58. The third-order valence-corrected chi connectivity index (χ3v) is 6.00. The third-order valence-electron chi connectivity index (χ3n) is 5.26. The fourth-order valence-electron chi connectivity index (χ4n) is 3.54. The monoisotopic (exact) mass is 435 g/mol. The minimum atomic E-state index is 0.230. The van der Waals surface area contributed by atoms with Crippen LogP contribution in [0.15, 0.2) is 84.9 Å². The van der Waals surface area contributed by atoms with E-state index >= 15 is 0 Å². The molecule has 0 amide bonds. The number of benzene rings is 4.